The van der Waals surface area contributed by atoms with Crippen LogP contribution in [0.4, 0.5) is 5.69 Å². The molecule has 29 heavy (non-hydrogen) atoms. The van der Waals surface area contributed by atoms with Crippen LogP contribution >= 0.6 is 11.8 Å². The molecule has 1 heterocycles. The molecule has 0 atom stereocenters. The number of carbonyl (C=O) groups excluding carboxylic acids is 1. The van der Waals surface area contributed by atoms with Crippen LogP contribution in [0.3, 0.4) is 0 Å². The van der Waals surface area contributed by atoms with Gasteiger partial charge in [-0.2, -0.15) is 11.8 Å². The molecular formula is C21H24N2O4S2. The smallest absolute Gasteiger partial charge is 0.240 e. The predicted octanol–water partition coefficient (Wildman–Crippen LogP) is 3.64. The second kappa shape index (κ2) is 9.84. The monoisotopic (exact) mass is 432 g/mol. The van der Waals surface area contributed by atoms with Crippen molar-refractivity contribution in [3.8, 4) is 0 Å². The van der Waals surface area contributed by atoms with E-state index in [9.17, 15) is 13.2 Å². The largest absolute Gasteiger partial charge is 0.468 e. The Morgan fingerprint density at radius 2 is 1.90 bits per heavy atom. The van der Waals surface area contributed by atoms with Crippen LogP contribution in [0.5, 0.6) is 0 Å². The van der Waals surface area contributed by atoms with E-state index in [1.54, 1.807) is 30.2 Å². The SMILES string of the molecule is CS(=O)(=O)N(CC(=O)NCCCSCc1ccco1)c1cccc2ccccc12. The number of sulfonamides is 1. The molecule has 1 N–H and O–H groups in total. The van der Waals surface area contributed by atoms with E-state index in [1.807, 2.05) is 42.5 Å². The zero-order valence-corrected chi connectivity index (χ0v) is 17.8. The van der Waals surface area contributed by atoms with E-state index < -0.39 is 10.0 Å². The Morgan fingerprint density at radius 3 is 2.66 bits per heavy atom. The number of thioether (sulfide) groups is 1. The fourth-order valence-corrected chi connectivity index (χ4v) is 4.69. The molecule has 0 saturated carbocycles. The van der Waals surface area contributed by atoms with Crippen molar-refractivity contribution in [2.45, 2.75) is 12.2 Å². The van der Waals surface area contributed by atoms with Gasteiger partial charge in [-0.15, -0.1) is 0 Å². The highest BCUT2D eigenvalue weighted by Crippen LogP contribution is 2.28. The van der Waals surface area contributed by atoms with Crippen molar-refractivity contribution in [3.05, 3.63) is 66.6 Å². The van der Waals surface area contributed by atoms with Crippen LogP contribution in [-0.2, 0) is 20.6 Å². The summed E-state index contributed by atoms with van der Waals surface area (Å²) in [6.45, 7) is 0.253. The van der Waals surface area contributed by atoms with Gasteiger partial charge in [0.1, 0.15) is 12.3 Å². The summed E-state index contributed by atoms with van der Waals surface area (Å²) in [7, 11) is -3.61. The van der Waals surface area contributed by atoms with E-state index in [-0.39, 0.29) is 12.5 Å². The van der Waals surface area contributed by atoms with E-state index in [4.69, 9.17) is 4.42 Å². The maximum atomic E-state index is 12.4. The number of nitrogens with zero attached hydrogens (tertiary/aromatic N) is 1. The van der Waals surface area contributed by atoms with Gasteiger partial charge in [0, 0.05) is 11.9 Å². The average Bonchev–Trinajstić information content (AvgIpc) is 3.21. The number of amides is 1. The van der Waals surface area contributed by atoms with Crippen molar-refractivity contribution in [2.24, 2.45) is 0 Å². The molecule has 154 valence electrons. The van der Waals surface area contributed by atoms with Crippen molar-refractivity contribution in [1.29, 1.82) is 0 Å². The lowest BCUT2D eigenvalue weighted by Gasteiger charge is -2.23. The molecule has 3 aromatic rings. The maximum absolute atomic E-state index is 12.4. The molecule has 1 amide bonds. The highest BCUT2D eigenvalue weighted by atomic mass is 32.2. The summed E-state index contributed by atoms with van der Waals surface area (Å²) < 4.78 is 31.2. The summed E-state index contributed by atoms with van der Waals surface area (Å²) >= 11 is 1.73. The summed E-state index contributed by atoms with van der Waals surface area (Å²) in [6.07, 6.45) is 3.57. The molecule has 6 nitrogen and oxygen atoms in total. The Hall–Kier alpha value is -2.45. The Kier molecular flexibility index (Phi) is 7.22. The highest BCUT2D eigenvalue weighted by molar-refractivity contribution is 7.98. The summed E-state index contributed by atoms with van der Waals surface area (Å²) in [5, 5.41) is 4.53. The third-order valence-electron chi connectivity index (χ3n) is 4.33. The van der Waals surface area contributed by atoms with Crippen LogP contribution in [0.1, 0.15) is 12.2 Å². The normalized spacial score (nSPS) is 11.5. The first-order valence-corrected chi connectivity index (χ1v) is 12.3. The number of rotatable bonds is 10. The summed E-state index contributed by atoms with van der Waals surface area (Å²) in [5.74, 6) is 2.28. The Bertz CT molecular complexity index is 1040. The van der Waals surface area contributed by atoms with Crippen LogP contribution in [0.2, 0.25) is 0 Å². The Labute approximate surface area is 175 Å². The molecule has 1 aromatic heterocycles. The van der Waals surface area contributed by atoms with Crippen LogP contribution in [0, 0.1) is 0 Å². The van der Waals surface area contributed by atoms with Crippen LogP contribution in [0.25, 0.3) is 10.8 Å². The molecule has 8 heteroatoms. The van der Waals surface area contributed by atoms with Gasteiger partial charge in [0.25, 0.3) is 0 Å². The van der Waals surface area contributed by atoms with Crippen molar-refractivity contribution in [1.82, 2.24) is 5.32 Å². The van der Waals surface area contributed by atoms with Gasteiger partial charge in [-0.25, -0.2) is 8.42 Å². The molecule has 0 bridgehead atoms. The molecule has 0 aliphatic heterocycles. The second-order valence-corrected chi connectivity index (χ2v) is 9.62. The first kappa shape index (κ1) is 21.3. The minimum Gasteiger partial charge on any atom is -0.468 e. The van der Waals surface area contributed by atoms with E-state index in [2.05, 4.69) is 5.32 Å². The summed E-state index contributed by atoms with van der Waals surface area (Å²) in [5.41, 5.74) is 0.509. The van der Waals surface area contributed by atoms with Gasteiger partial charge in [-0.3, -0.25) is 9.10 Å². The lowest BCUT2D eigenvalue weighted by atomic mass is 10.1. The van der Waals surface area contributed by atoms with Gasteiger partial charge in [0.15, 0.2) is 0 Å². The van der Waals surface area contributed by atoms with E-state index in [1.165, 1.54) is 0 Å². The minimum atomic E-state index is -3.61. The van der Waals surface area contributed by atoms with Crippen molar-refractivity contribution < 1.29 is 17.6 Å². The first-order chi connectivity index (χ1) is 13.9. The maximum Gasteiger partial charge on any atom is 0.240 e. The van der Waals surface area contributed by atoms with Crippen LogP contribution in [-0.4, -0.2) is 39.4 Å². The first-order valence-electron chi connectivity index (χ1n) is 9.27. The highest BCUT2D eigenvalue weighted by Gasteiger charge is 2.22. The van der Waals surface area contributed by atoms with Gasteiger partial charge in [0.05, 0.1) is 24.0 Å². The number of anilines is 1. The molecule has 0 aliphatic rings. The standard InChI is InChI=1S/C21H24N2O4S2/c1-29(25,26)23(20-11-4-8-17-7-2-3-10-19(17)20)15-21(24)22-12-6-14-28-16-18-9-5-13-27-18/h2-5,7-11,13H,6,12,14-16H2,1H3,(H,22,24). The van der Waals surface area contributed by atoms with E-state index >= 15 is 0 Å². The quantitative estimate of drug-likeness (QED) is 0.495. The summed E-state index contributed by atoms with van der Waals surface area (Å²) in [4.78, 5) is 12.4. The number of benzene rings is 2. The van der Waals surface area contributed by atoms with Crippen molar-refractivity contribution in [2.75, 3.05) is 29.4 Å². The van der Waals surface area contributed by atoms with E-state index in [0.29, 0.717) is 12.2 Å². The number of fused-ring (bicyclic) bond motifs is 1. The molecule has 0 saturated heterocycles. The molecule has 0 fully saturated rings. The molecule has 2 aromatic carbocycles. The number of hydrogen-bond donors (Lipinski definition) is 1. The fourth-order valence-electron chi connectivity index (χ4n) is 2.96. The zero-order valence-electron chi connectivity index (χ0n) is 16.2. The lowest BCUT2D eigenvalue weighted by molar-refractivity contribution is -0.119. The van der Waals surface area contributed by atoms with E-state index in [0.717, 1.165) is 45.0 Å². The van der Waals surface area contributed by atoms with Crippen molar-refractivity contribution in [3.63, 3.8) is 0 Å². The number of hydrogen-bond acceptors (Lipinski definition) is 5. The molecule has 3 rings (SSSR count). The number of furan rings is 1. The molecule has 0 radical (unpaired) electrons. The number of nitrogens with one attached hydrogen (secondary N) is 1. The van der Waals surface area contributed by atoms with Gasteiger partial charge in [-0.1, -0.05) is 36.4 Å². The molecule has 0 aliphatic carbocycles. The van der Waals surface area contributed by atoms with Gasteiger partial charge >= 0.3 is 0 Å². The fraction of sp³-hybridized carbons (Fsp3) is 0.286. The van der Waals surface area contributed by atoms with Gasteiger partial charge in [0.2, 0.25) is 15.9 Å². The summed E-state index contributed by atoms with van der Waals surface area (Å²) in [6, 6.07) is 16.8. The average molecular weight is 433 g/mol. The topological polar surface area (TPSA) is 79.6 Å². The molecule has 0 unspecified atom stereocenters. The third kappa shape index (κ3) is 6.01. The van der Waals surface area contributed by atoms with Gasteiger partial charge < -0.3 is 9.73 Å². The van der Waals surface area contributed by atoms with Crippen LogP contribution in [0.15, 0.2) is 65.3 Å². The molecular weight excluding hydrogens is 408 g/mol. The Morgan fingerprint density at radius 1 is 1.10 bits per heavy atom. The van der Waals surface area contributed by atoms with Crippen LogP contribution < -0.4 is 9.62 Å². The second-order valence-electron chi connectivity index (χ2n) is 6.60. The molecule has 0 spiro atoms. The zero-order chi connectivity index (χ0) is 20.7. The third-order valence-corrected chi connectivity index (χ3v) is 6.53. The van der Waals surface area contributed by atoms with Crippen molar-refractivity contribution >= 4 is 44.2 Å². The number of carbonyl (C=O) groups is 1. The minimum absolute atomic E-state index is 0.244. The Balaban J connectivity index is 1.55. The van der Waals surface area contributed by atoms with Gasteiger partial charge in [-0.05, 0) is 35.8 Å². The lowest BCUT2D eigenvalue weighted by Crippen LogP contribution is -2.40. The predicted molar refractivity (Wildman–Crippen MR) is 119 cm³/mol.